The molecule has 15 heteroatoms. The molecule has 1 saturated heterocycles. The number of alkyl halides is 2. The van der Waals surface area contributed by atoms with Gasteiger partial charge in [-0.25, -0.2) is 13.3 Å². The van der Waals surface area contributed by atoms with E-state index >= 15 is 0 Å². The highest BCUT2D eigenvalue weighted by Gasteiger charge is 2.24. The van der Waals surface area contributed by atoms with Gasteiger partial charge in [-0.3, -0.25) is 14.9 Å². The van der Waals surface area contributed by atoms with E-state index in [2.05, 4.69) is 25.7 Å². The molecule has 4 heterocycles. The number of aromatic nitrogens is 5. The molecule has 0 saturated carbocycles. The first-order valence-corrected chi connectivity index (χ1v) is 12.9. The third kappa shape index (κ3) is 5.44. The molecule has 1 fully saturated rings. The van der Waals surface area contributed by atoms with Gasteiger partial charge in [-0.15, -0.1) is 15.3 Å². The smallest absolute Gasteiger partial charge is 0.329 e. The molecule has 11 nitrogen and oxygen atoms in total. The number of thioether (sulfide) groups is 1. The molecule has 0 spiro atoms. The Morgan fingerprint density at radius 2 is 2.08 bits per heavy atom. The van der Waals surface area contributed by atoms with Gasteiger partial charge in [0.1, 0.15) is 5.75 Å². The van der Waals surface area contributed by atoms with Crippen LogP contribution in [-0.2, 0) is 4.74 Å². The fourth-order valence-corrected chi connectivity index (χ4v) is 5.82. The second-order valence-electron chi connectivity index (χ2n) is 8.10. The van der Waals surface area contributed by atoms with Crippen molar-refractivity contribution < 1.29 is 27.5 Å². The Labute approximate surface area is 222 Å². The molecular formula is C23H20F2N6O5S2. The number of amides is 1. The van der Waals surface area contributed by atoms with Gasteiger partial charge < -0.3 is 13.9 Å². The average molecular weight is 563 g/mol. The summed E-state index contributed by atoms with van der Waals surface area (Å²) in [5.74, 6) is -0.266. The Hall–Kier alpha value is -3.69. The fourth-order valence-electron chi connectivity index (χ4n) is 3.76. The SMILES string of the molecule is COc1ccc(C(F)F)cc1-c1cn(-c2nnc(C)o2)c(=O)cc1C(=O)Nc1nnc(SC2CCOC2)s1. The van der Waals surface area contributed by atoms with Crippen LogP contribution in [0.25, 0.3) is 17.1 Å². The van der Waals surface area contributed by atoms with Crippen LogP contribution in [0.3, 0.4) is 0 Å². The van der Waals surface area contributed by atoms with Crippen LogP contribution in [0.15, 0.2) is 44.0 Å². The van der Waals surface area contributed by atoms with Crippen molar-refractivity contribution in [2.24, 2.45) is 0 Å². The minimum atomic E-state index is -2.77. The minimum Gasteiger partial charge on any atom is -0.496 e. The highest BCUT2D eigenvalue weighted by Crippen LogP contribution is 2.36. The molecule has 4 aromatic rings. The molecule has 1 N–H and O–H groups in total. The summed E-state index contributed by atoms with van der Waals surface area (Å²) in [4.78, 5) is 26.4. The molecule has 5 rings (SSSR count). The summed E-state index contributed by atoms with van der Waals surface area (Å²) in [5, 5.41) is 18.8. The van der Waals surface area contributed by atoms with Gasteiger partial charge in [0.05, 0.1) is 19.3 Å². The van der Waals surface area contributed by atoms with Crippen LogP contribution in [0, 0.1) is 6.92 Å². The van der Waals surface area contributed by atoms with Gasteiger partial charge in [0.2, 0.25) is 11.0 Å². The van der Waals surface area contributed by atoms with Crippen LogP contribution in [0.5, 0.6) is 5.75 Å². The van der Waals surface area contributed by atoms with Crippen molar-refractivity contribution in [3.05, 3.63) is 57.8 Å². The first-order valence-electron chi connectivity index (χ1n) is 11.2. The van der Waals surface area contributed by atoms with Crippen LogP contribution in [0.1, 0.15) is 34.7 Å². The molecule has 3 aromatic heterocycles. The predicted octanol–water partition coefficient (Wildman–Crippen LogP) is 4.13. The first-order chi connectivity index (χ1) is 18.3. The minimum absolute atomic E-state index is 0.0965. The molecule has 1 unspecified atom stereocenters. The molecule has 1 amide bonds. The maximum absolute atomic E-state index is 13.6. The van der Waals surface area contributed by atoms with Gasteiger partial charge in [-0.1, -0.05) is 28.2 Å². The lowest BCUT2D eigenvalue weighted by molar-refractivity contribution is 0.102. The van der Waals surface area contributed by atoms with Gasteiger partial charge in [-0.05, 0) is 24.6 Å². The number of rotatable bonds is 8. The quantitative estimate of drug-likeness (QED) is 0.313. The van der Waals surface area contributed by atoms with Crippen molar-refractivity contribution in [3.63, 3.8) is 0 Å². The van der Waals surface area contributed by atoms with Gasteiger partial charge in [-0.2, -0.15) is 0 Å². The van der Waals surface area contributed by atoms with E-state index in [1.807, 2.05) is 0 Å². The number of nitrogens with one attached hydrogen (secondary N) is 1. The monoisotopic (exact) mass is 562 g/mol. The number of aryl methyl sites for hydroxylation is 1. The Kier molecular flexibility index (Phi) is 7.49. The maximum Gasteiger partial charge on any atom is 0.329 e. The third-order valence-electron chi connectivity index (χ3n) is 5.57. The van der Waals surface area contributed by atoms with E-state index in [1.54, 1.807) is 6.92 Å². The molecule has 1 aromatic carbocycles. The lowest BCUT2D eigenvalue weighted by atomic mass is 9.98. The fraction of sp³-hybridized carbons (Fsp3) is 0.304. The van der Waals surface area contributed by atoms with E-state index in [0.29, 0.717) is 17.6 Å². The number of hydrogen-bond donors (Lipinski definition) is 1. The lowest BCUT2D eigenvalue weighted by Crippen LogP contribution is -2.23. The second kappa shape index (κ2) is 11.0. The summed E-state index contributed by atoms with van der Waals surface area (Å²) in [6.45, 7) is 2.85. The number of carbonyl (C=O) groups is 1. The van der Waals surface area contributed by atoms with Crippen LogP contribution in [0.2, 0.25) is 0 Å². The zero-order chi connectivity index (χ0) is 26.8. The van der Waals surface area contributed by atoms with E-state index in [-0.39, 0.29) is 50.3 Å². The van der Waals surface area contributed by atoms with Crippen LogP contribution in [-0.4, -0.2) is 56.4 Å². The molecule has 198 valence electrons. The first kappa shape index (κ1) is 25.9. The van der Waals surface area contributed by atoms with Gasteiger partial charge in [0.25, 0.3) is 17.9 Å². The average Bonchev–Trinajstić information content (AvgIpc) is 3.67. The van der Waals surface area contributed by atoms with E-state index in [4.69, 9.17) is 13.9 Å². The van der Waals surface area contributed by atoms with Crippen LogP contribution in [0.4, 0.5) is 13.9 Å². The highest BCUT2D eigenvalue weighted by molar-refractivity contribution is 8.01. The van der Waals surface area contributed by atoms with Crippen molar-refractivity contribution in [1.82, 2.24) is 25.0 Å². The van der Waals surface area contributed by atoms with Crippen LogP contribution >= 0.6 is 23.1 Å². The molecule has 0 aliphatic carbocycles. The summed E-state index contributed by atoms with van der Waals surface area (Å²) in [7, 11) is 1.37. The summed E-state index contributed by atoms with van der Waals surface area (Å²) in [6.07, 6.45) is -0.604. The Morgan fingerprint density at radius 1 is 1.24 bits per heavy atom. The maximum atomic E-state index is 13.6. The normalized spacial score (nSPS) is 15.2. The largest absolute Gasteiger partial charge is 0.496 e. The summed E-state index contributed by atoms with van der Waals surface area (Å²) in [6, 6.07) is 4.70. The van der Waals surface area contributed by atoms with E-state index in [0.717, 1.165) is 17.1 Å². The van der Waals surface area contributed by atoms with Crippen molar-refractivity contribution in [2.75, 3.05) is 25.6 Å². The standard InChI is InChI=1S/C23H20F2N6O5S2/c1-11-27-29-22(36-11)31-9-16(14-7-12(19(24)25)3-4-17(14)34-2)15(8-18(31)32)20(33)26-21-28-30-23(38-21)37-13-5-6-35-10-13/h3-4,7-9,13,19H,5-6,10H2,1-2H3,(H,26,28,33). The van der Waals surface area contributed by atoms with Gasteiger partial charge >= 0.3 is 6.01 Å². The zero-order valence-electron chi connectivity index (χ0n) is 20.0. The number of hydrogen-bond acceptors (Lipinski definition) is 11. The molecule has 0 bridgehead atoms. The van der Waals surface area contributed by atoms with Crippen molar-refractivity contribution in [1.29, 1.82) is 0 Å². The summed E-state index contributed by atoms with van der Waals surface area (Å²) in [5.41, 5.74) is -0.753. The number of benzene rings is 1. The number of ether oxygens (including phenoxy) is 2. The van der Waals surface area contributed by atoms with E-state index in [1.165, 1.54) is 54.6 Å². The van der Waals surface area contributed by atoms with Crippen LogP contribution < -0.4 is 15.6 Å². The molecular weight excluding hydrogens is 542 g/mol. The molecule has 1 aliphatic heterocycles. The number of nitrogens with zero attached hydrogens (tertiary/aromatic N) is 5. The molecule has 0 radical (unpaired) electrons. The highest BCUT2D eigenvalue weighted by atomic mass is 32.2. The molecule has 1 atom stereocenters. The molecule has 38 heavy (non-hydrogen) atoms. The third-order valence-corrected chi connectivity index (χ3v) is 7.73. The van der Waals surface area contributed by atoms with Gasteiger partial charge in [0.15, 0.2) is 4.34 Å². The number of pyridine rings is 1. The number of anilines is 1. The Bertz CT molecular complexity index is 1530. The summed E-state index contributed by atoms with van der Waals surface area (Å²) >= 11 is 2.69. The zero-order valence-corrected chi connectivity index (χ0v) is 21.6. The summed E-state index contributed by atoms with van der Waals surface area (Å²) < 4.78 is 45.0. The van der Waals surface area contributed by atoms with Gasteiger partial charge in [0, 0.05) is 47.7 Å². The lowest BCUT2D eigenvalue weighted by Gasteiger charge is -2.15. The number of halogens is 2. The predicted molar refractivity (Wildman–Crippen MR) is 135 cm³/mol. The van der Waals surface area contributed by atoms with Crippen molar-refractivity contribution in [2.45, 2.75) is 29.4 Å². The Morgan fingerprint density at radius 3 is 2.76 bits per heavy atom. The second-order valence-corrected chi connectivity index (χ2v) is 10.6. The number of methoxy groups -OCH3 is 1. The molecule has 1 aliphatic rings. The Balaban J connectivity index is 1.56. The number of carbonyl (C=O) groups excluding carboxylic acids is 1. The van der Waals surface area contributed by atoms with E-state index < -0.39 is 17.9 Å². The van der Waals surface area contributed by atoms with Crippen molar-refractivity contribution in [3.8, 4) is 22.9 Å². The topological polar surface area (TPSA) is 134 Å². The van der Waals surface area contributed by atoms with Crippen molar-refractivity contribution >= 4 is 34.1 Å². The van der Waals surface area contributed by atoms with E-state index in [9.17, 15) is 18.4 Å².